The maximum Gasteiger partial charge on any atom is 0.295 e. The summed E-state index contributed by atoms with van der Waals surface area (Å²) in [4.78, 5) is 25.1. The third-order valence-corrected chi connectivity index (χ3v) is 4.89. The summed E-state index contributed by atoms with van der Waals surface area (Å²) >= 11 is 0. The molecular formula is C22H20FN5O2. The van der Waals surface area contributed by atoms with Crippen molar-refractivity contribution in [2.45, 2.75) is 26.8 Å². The average Bonchev–Trinajstić information content (AvgIpc) is 3.10. The van der Waals surface area contributed by atoms with Crippen LogP contribution in [0.3, 0.4) is 0 Å². The molecule has 0 aliphatic rings. The van der Waals surface area contributed by atoms with Gasteiger partial charge in [-0.25, -0.2) is 13.8 Å². The zero-order valence-electron chi connectivity index (χ0n) is 16.6. The predicted octanol–water partition coefficient (Wildman–Crippen LogP) is 3.37. The van der Waals surface area contributed by atoms with Gasteiger partial charge in [0.2, 0.25) is 5.91 Å². The smallest absolute Gasteiger partial charge is 0.295 e. The van der Waals surface area contributed by atoms with E-state index < -0.39 is 11.7 Å². The lowest BCUT2D eigenvalue weighted by Crippen LogP contribution is -2.26. The Morgan fingerprint density at radius 2 is 1.73 bits per heavy atom. The quantitative estimate of drug-likeness (QED) is 0.552. The van der Waals surface area contributed by atoms with Gasteiger partial charge in [-0.05, 0) is 38.1 Å². The van der Waals surface area contributed by atoms with Crippen molar-refractivity contribution in [3.8, 4) is 5.69 Å². The SMILES string of the molecule is Cc1nn(CCC(=O)Nc2ccccc2F)c(=O)c2nn(-c3ccccc3)c(C)c12. The molecule has 0 bridgehead atoms. The Kier molecular flexibility index (Phi) is 5.14. The molecule has 0 aliphatic carbocycles. The van der Waals surface area contributed by atoms with Gasteiger partial charge in [0.1, 0.15) is 5.82 Å². The minimum Gasteiger partial charge on any atom is -0.324 e. The fourth-order valence-corrected chi connectivity index (χ4v) is 3.44. The molecule has 1 amide bonds. The molecule has 0 atom stereocenters. The Labute approximate surface area is 171 Å². The summed E-state index contributed by atoms with van der Waals surface area (Å²) in [7, 11) is 0. The van der Waals surface area contributed by atoms with Gasteiger partial charge in [-0.15, -0.1) is 0 Å². The topological polar surface area (TPSA) is 81.8 Å². The number of carbonyl (C=O) groups is 1. The molecule has 0 spiro atoms. The van der Waals surface area contributed by atoms with Crippen molar-refractivity contribution in [2.75, 3.05) is 5.32 Å². The molecule has 4 aromatic rings. The molecule has 0 fully saturated rings. The number of aromatic nitrogens is 4. The molecule has 0 aliphatic heterocycles. The van der Waals surface area contributed by atoms with Crippen molar-refractivity contribution in [2.24, 2.45) is 0 Å². The van der Waals surface area contributed by atoms with Crippen molar-refractivity contribution in [3.05, 3.63) is 82.2 Å². The first-order valence-electron chi connectivity index (χ1n) is 9.52. The van der Waals surface area contributed by atoms with Crippen LogP contribution < -0.4 is 10.9 Å². The van der Waals surface area contributed by atoms with Gasteiger partial charge in [-0.3, -0.25) is 9.59 Å². The molecule has 30 heavy (non-hydrogen) atoms. The molecule has 8 heteroatoms. The van der Waals surface area contributed by atoms with Crippen LogP contribution >= 0.6 is 0 Å². The first-order valence-corrected chi connectivity index (χ1v) is 9.52. The summed E-state index contributed by atoms with van der Waals surface area (Å²) < 4.78 is 16.6. The van der Waals surface area contributed by atoms with Crippen LogP contribution in [0.25, 0.3) is 16.6 Å². The Balaban J connectivity index is 1.61. The van der Waals surface area contributed by atoms with E-state index in [9.17, 15) is 14.0 Å². The van der Waals surface area contributed by atoms with Gasteiger partial charge in [-0.2, -0.15) is 10.2 Å². The molecule has 0 radical (unpaired) electrons. The van der Waals surface area contributed by atoms with Crippen LogP contribution in [-0.4, -0.2) is 25.5 Å². The molecule has 1 N–H and O–H groups in total. The second-order valence-corrected chi connectivity index (χ2v) is 6.95. The summed E-state index contributed by atoms with van der Waals surface area (Å²) in [6.45, 7) is 3.76. The van der Waals surface area contributed by atoms with Gasteiger partial charge in [0.05, 0.1) is 34.7 Å². The third-order valence-electron chi connectivity index (χ3n) is 4.89. The Bertz CT molecular complexity index is 1290. The molecule has 7 nitrogen and oxygen atoms in total. The number of nitrogens with zero attached hydrogens (tertiary/aromatic N) is 4. The number of carbonyl (C=O) groups excluding carboxylic acids is 1. The molecule has 4 rings (SSSR count). The standard InChI is InChI=1S/C22H20FN5O2/c1-14-20-15(2)28(16-8-4-3-5-9-16)26-21(20)22(30)27(25-14)13-12-19(29)24-18-11-7-6-10-17(18)23/h3-11H,12-13H2,1-2H3,(H,24,29). The number of halogens is 1. The highest BCUT2D eigenvalue weighted by molar-refractivity contribution is 5.90. The number of benzene rings is 2. The highest BCUT2D eigenvalue weighted by Gasteiger charge is 2.18. The molecule has 2 aromatic carbocycles. The molecule has 152 valence electrons. The Morgan fingerprint density at radius 3 is 2.47 bits per heavy atom. The van der Waals surface area contributed by atoms with Gasteiger partial charge in [0.15, 0.2) is 5.52 Å². The largest absolute Gasteiger partial charge is 0.324 e. The van der Waals surface area contributed by atoms with Gasteiger partial charge >= 0.3 is 0 Å². The second kappa shape index (κ2) is 7.90. The van der Waals surface area contributed by atoms with Crippen LogP contribution in [-0.2, 0) is 11.3 Å². The summed E-state index contributed by atoms with van der Waals surface area (Å²) in [5.41, 5.74) is 2.36. The van der Waals surface area contributed by atoms with E-state index in [1.165, 1.54) is 16.8 Å². The molecule has 0 saturated heterocycles. The van der Waals surface area contributed by atoms with E-state index in [2.05, 4.69) is 15.5 Å². The van der Waals surface area contributed by atoms with Gasteiger partial charge in [0.25, 0.3) is 5.56 Å². The van der Waals surface area contributed by atoms with Crippen molar-refractivity contribution in [3.63, 3.8) is 0 Å². The number of para-hydroxylation sites is 2. The minimum absolute atomic E-state index is 0.0233. The number of amides is 1. The van der Waals surface area contributed by atoms with Gasteiger partial charge < -0.3 is 5.32 Å². The van der Waals surface area contributed by atoms with E-state index in [1.54, 1.807) is 16.8 Å². The van der Waals surface area contributed by atoms with Crippen LogP contribution in [0.4, 0.5) is 10.1 Å². The number of anilines is 1. The van der Waals surface area contributed by atoms with Crippen LogP contribution in [0.15, 0.2) is 59.4 Å². The van der Waals surface area contributed by atoms with Crippen LogP contribution in [0, 0.1) is 19.7 Å². The fraction of sp³-hybridized carbons (Fsp3) is 0.182. The van der Waals surface area contributed by atoms with E-state index in [1.807, 2.05) is 44.2 Å². The summed E-state index contributed by atoms with van der Waals surface area (Å²) in [6.07, 6.45) is -0.0233. The summed E-state index contributed by atoms with van der Waals surface area (Å²) in [5, 5.41) is 12.1. The van der Waals surface area contributed by atoms with E-state index >= 15 is 0 Å². The average molecular weight is 405 g/mol. The monoisotopic (exact) mass is 405 g/mol. The lowest BCUT2D eigenvalue weighted by atomic mass is 10.2. The number of hydrogen-bond acceptors (Lipinski definition) is 4. The molecular weight excluding hydrogens is 385 g/mol. The van der Waals surface area contributed by atoms with E-state index in [0.29, 0.717) is 16.6 Å². The van der Waals surface area contributed by atoms with Crippen molar-refractivity contribution in [1.82, 2.24) is 19.6 Å². The first-order chi connectivity index (χ1) is 14.5. The van der Waals surface area contributed by atoms with Crippen LogP contribution in [0.2, 0.25) is 0 Å². The number of aryl methyl sites for hydroxylation is 3. The van der Waals surface area contributed by atoms with E-state index in [4.69, 9.17) is 0 Å². The maximum absolute atomic E-state index is 13.7. The highest BCUT2D eigenvalue weighted by Crippen LogP contribution is 2.21. The lowest BCUT2D eigenvalue weighted by molar-refractivity contribution is -0.116. The minimum atomic E-state index is -0.514. The molecule has 0 unspecified atom stereocenters. The molecule has 2 heterocycles. The van der Waals surface area contributed by atoms with Gasteiger partial charge in [-0.1, -0.05) is 30.3 Å². The zero-order chi connectivity index (χ0) is 21.3. The normalized spacial score (nSPS) is 11.0. The van der Waals surface area contributed by atoms with Crippen molar-refractivity contribution >= 4 is 22.5 Å². The number of hydrogen-bond donors (Lipinski definition) is 1. The zero-order valence-corrected chi connectivity index (χ0v) is 16.6. The maximum atomic E-state index is 13.7. The van der Waals surface area contributed by atoms with Gasteiger partial charge in [0, 0.05) is 6.42 Å². The Morgan fingerprint density at radius 1 is 1.03 bits per heavy atom. The highest BCUT2D eigenvalue weighted by atomic mass is 19.1. The molecule has 0 saturated carbocycles. The predicted molar refractivity (Wildman–Crippen MR) is 112 cm³/mol. The Hall–Kier alpha value is -3.81. The van der Waals surface area contributed by atoms with E-state index in [-0.39, 0.29) is 24.2 Å². The van der Waals surface area contributed by atoms with Crippen LogP contribution in [0.1, 0.15) is 17.8 Å². The van der Waals surface area contributed by atoms with E-state index in [0.717, 1.165) is 11.4 Å². The fourth-order valence-electron chi connectivity index (χ4n) is 3.44. The van der Waals surface area contributed by atoms with Crippen LogP contribution in [0.5, 0.6) is 0 Å². The second-order valence-electron chi connectivity index (χ2n) is 6.95. The van der Waals surface area contributed by atoms with Crippen molar-refractivity contribution < 1.29 is 9.18 Å². The van der Waals surface area contributed by atoms with Crippen molar-refractivity contribution in [1.29, 1.82) is 0 Å². The number of rotatable bonds is 5. The first kappa shape index (κ1) is 19.5. The summed E-state index contributed by atoms with van der Waals surface area (Å²) in [5.74, 6) is -0.919. The lowest BCUT2D eigenvalue weighted by Gasteiger charge is -2.08. The summed E-state index contributed by atoms with van der Waals surface area (Å²) in [6, 6.07) is 15.5. The molecule has 2 aromatic heterocycles. The number of nitrogens with one attached hydrogen (secondary N) is 1. The number of fused-ring (bicyclic) bond motifs is 1. The third kappa shape index (κ3) is 3.59.